The Hall–Kier alpha value is -2.16. The van der Waals surface area contributed by atoms with Gasteiger partial charge in [-0.25, -0.2) is 0 Å². The summed E-state index contributed by atoms with van der Waals surface area (Å²) in [5.41, 5.74) is 0.900. The van der Waals surface area contributed by atoms with Gasteiger partial charge in [-0.2, -0.15) is 0 Å². The first-order valence-electron chi connectivity index (χ1n) is 10.7. The van der Waals surface area contributed by atoms with Gasteiger partial charge >= 0.3 is 0 Å². The zero-order valence-corrected chi connectivity index (χ0v) is 18.0. The van der Waals surface area contributed by atoms with Crippen LogP contribution in [0.5, 0.6) is 5.75 Å². The number of nitrogens with zero attached hydrogens (tertiary/aromatic N) is 1. The molecule has 2 aliphatic heterocycles. The summed E-state index contributed by atoms with van der Waals surface area (Å²) in [6.45, 7) is 5.97. The quantitative estimate of drug-likeness (QED) is 0.646. The molecule has 1 aromatic carbocycles. The molecule has 166 valence electrons. The van der Waals surface area contributed by atoms with Gasteiger partial charge in [-0.05, 0) is 38.9 Å². The highest BCUT2D eigenvalue weighted by Crippen LogP contribution is 2.35. The predicted molar refractivity (Wildman–Crippen MR) is 114 cm³/mol. The summed E-state index contributed by atoms with van der Waals surface area (Å²) in [4.78, 5) is 27.8. The summed E-state index contributed by atoms with van der Waals surface area (Å²) in [7, 11) is 1.86. The van der Waals surface area contributed by atoms with Gasteiger partial charge in [0.25, 0.3) is 5.91 Å². The number of carbonyl (C=O) groups excluding carboxylic acids is 2. The molecule has 1 aromatic rings. The van der Waals surface area contributed by atoms with Crippen molar-refractivity contribution >= 4 is 17.5 Å². The third kappa shape index (κ3) is 4.94. The molecule has 3 N–H and O–H groups in total. The molecule has 1 saturated heterocycles. The number of fused-ring (bicyclic) bond motifs is 1. The van der Waals surface area contributed by atoms with Crippen molar-refractivity contribution < 1.29 is 24.2 Å². The van der Waals surface area contributed by atoms with Crippen molar-refractivity contribution in [2.45, 2.75) is 38.8 Å². The Bertz CT molecular complexity index is 750. The lowest BCUT2D eigenvalue weighted by Gasteiger charge is -2.37. The lowest BCUT2D eigenvalue weighted by molar-refractivity contribution is -0.122. The number of amides is 2. The highest BCUT2D eigenvalue weighted by Gasteiger charge is 2.34. The molecule has 0 bridgehead atoms. The number of likely N-dealkylation sites (N-methyl/N-ethyl adjacent to an activating group) is 1. The van der Waals surface area contributed by atoms with Gasteiger partial charge < -0.3 is 30.1 Å². The fourth-order valence-corrected chi connectivity index (χ4v) is 3.98. The number of rotatable bonds is 6. The Labute approximate surface area is 177 Å². The van der Waals surface area contributed by atoms with Crippen molar-refractivity contribution in [1.82, 2.24) is 10.2 Å². The van der Waals surface area contributed by atoms with E-state index in [4.69, 9.17) is 9.47 Å². The first kappa shape index (κ1) is 22.5. The van der Waals surface area contributed by atoms with E-state index in [0.717, 1.165) is 0 Å². The fourth-order valence-electron chi connectivity index (χ4n) is 3.98. The molecule has 8 heteroatoms. The average molecular weight is 420 g/mol. The van der Waals surface area contributed by atoms with E-state index in [2.05, 4.69) is 10.6 Å². The van der Waals surface area contributed by atoms with Crippen LogP contribution in [0.25, 0.3) is 0 Å². The number of ether oxygens (including phenoxy) is 2. The van der Waals surface area contributed by atoms with Crippen LogP contribution < -0.4 is 15.4 Å². The molecule has 30 heavy (non-hydrogen) atoms. The van der Waals surface area contributed by atoms with Gasteiger partial charge in [-0.1, -0.05) is 13.0 Å². The zero-order chi connectivity index (χ0) is 21.7. The van der Waals surface area contributed by atoms with Crippen LogP contribution in [0.1, 0.15) is 37.0 Å². The van der Waals surface area contributed by atoms with Crippen LogP contribution in [0.3, 0.4) is 0 Å². The van der Waals surface area contributed by atoms with E-state index in [0.29, 0.717) is 56.1 Å². The van der Waals surface area contributed by atoms with Crippen LogP contribution in [0.15, 0.2) is 18.2 Å². The summed E-state index contributed by atoms with van der Waals surface area (Å²) >= 11 is 0. The average Bonchev–Trinajstić information content (AvgIpc) is 2.76. The van der Waals surface area contributed by atoms with Crippen molar-refractivity contribution in [3.8, 4) is 5.75 Å². The lowest BCUT2D eigenvalue weighted by atomic mass is 9.98. The van der Waals surface area contributed by atoms with Gasteiger partial charge in [-0.15, -0.1) is 0 Å². The minimum atomic E-state index is -0.318. The van der Waals surface area contributed by atoms with E-state index in [1.807, 2.05) is 20.9 Å². The first-order valence-corrected chi connectivity index (χ1v) is 10.7. The summed E-state index contributed by atoms with van der Waals surface area (Å²) in [5.74, 6) is 0.0246. The molecule has 2 amide bonds. The molecule has 0 aliphatic carbocycles. The summed E-state index contributed by atoms with van der Waals surface area (Å²) in [5, 5.41) is 15.8. The minimum Gasteiger partial charge on any atom is -0.486 e. The normalized spacial score (nSPS) is 23.7. The van der Waals surface area contributed by atoms with E-state index < -0.39 is 0 Å². The van der Waals surface area contributed by atoms with E-state index in [9.17, 15) is 14.7 Å². The Morgan fingerprint density at radius 2 is 2.07 bits per heavy atom. The standard InChI is InChI=1S/C22H33N3O5/c1-14-12-25(15(2)13-26)22(28)17-5-4-6-18(20(17)30-19(14)11-23-3)24-21(27)16-7-9-29-10-8-16/h4-6,14-16,19,23,26H,7-13H2,1-3H3,(H,24,27)/t14-,15+,19-/m0/s1. The van der Waals surface area contributed by atoms with Crippen molar-refractivity contribution in [1.29, 1.82) is 0 Å². The molecule has 0 radical (unpaired) electrons. The summed E-state index contributed by atoms with van der Waals surface area (Å²) < 4.78 is 11.7. The van der Waals surface area contributed by atoms with E-state index in [-0.39, 0.29) is 42.4 Å². The first-order chi connectivity index (χ1) is 14.5. The monoisotopic (exact) mass is 419 g/mol. The van der Waals surface area contributed by atoms with Gasteiger partial charge in [0, 0.05) is 38.1 Å². The lowest BCUT2D eigenvalue weighted by Crippen LogP contribution is -2.49. The SMILES string of the molecule is CNC[C@@H]1Oc2c(NC(=O)C3CCOCC3)cccc2C(=O)N([C@H](C)CO)C[C@@H]1C. The Kier molecular flexibility index (Phi) is 7.69. The van der Waals surface area contributed by atoms with Crippen LogP contribution in [0.2, 0.25) is 0 Å². The van der Waals surface area contributed by atoms with Crippen molar-refractivity contribution in [2.24, 2.45) is 11.8 Å². The van der Waals surface area contributed by atoms with Gasteiger partial charge in [-0.3, -0.25) is 9.59 Å². The largest absolute Gasteiger partial charge is 0.486 e. The second-order valence-electron chi connectivity index (χ2n) is 8.24. The molecular formula is C22H33N3O5. The molecular weight excluding hydrogens is 386 g/mol. The van der Waals surface area contributed by atoms with Crippen LogP contribution in [-0.4, -0.2) is 73.9 Å². The van der Waals surface area contributed by atoms with E-state index in [1.54, 1.807) is 23.1 Å². The molecule has 3 rings (SSSR count). The number of anilines is 1. The number of carbonyl (C=O) groups is 2. The topological polar surface area (TPSA) is 100 Å². The molecule has 2 aliphatic rings. The van der Waals surface area contributed by atoms with Crippen LogP contribution >= 0.6 is 0 Å². The predicted octanol–water partition coefficient (Wildman–Crippen LogP) is 1.49. The number of hydrogen-bond acceptors (Lipinski definition) is 6. The number of hydrogen-bond donors (Lipinski definition) is 3. The Morgan fingerprint density at radius 3 is 2.73 bits per heavy atom. The third-order valence-corrected chi connectivity index (χ3v) is 5.95. The summed E-state index contributed by atoms with van der Waals surface area (Å²) in [6.07, 6.45) is 1.17. The molecule has 3 atom stereocenters. The maximum Gasteiger partial charge on any atom is 0.258 e. The molecule has 8 nitrogen and oxygen atoms in total. The maximum atomic E-state index is 13.3. The van der Waals surface area contributed by atoms with E-state index >= 15 is 0 Å². The number of para-hydroxylation sites is 1. The number of nitrogens with one attached hydrogen (secondary N) is 2. The Morgan fingerprint density at radius 1 is 1.33 bits per heavy atom. The minimum absolute atomic E-state index is 0.0304. The molecule has 0 spiro atoms. The van der Waals surface area contributed by atoms with E-state index in [1.165, 1.54) is 0 Å². The highest BCUT2D eigenvalue weighted by molar-refractivity contribution is 6.02. The van der Waals surface area contributed by atoms with Crippen molar-refractivity contribution in [2.75, 3.05) is 45.3 Å². The van der Waals surface area contributed by atoms with Crippen LogP contribution in [0.4, 0.5) is 5.69 Å². The third-order valence-electron chi connectivity index (χ3n) is 5.95. The molecule has 0 saturated carbocycles. The van der Waals surface area contributed by atoms with Crippen molar-refractivity contribution in [3.05, 3.63) is 23.8 Å². The second kappa shape index (κ2) is 10.2. The molecule has 1 fully saturated rings. The van der Waals surface area contributed by atoms with Crippen LogP contribution in [0, 0.1) is 11.8 Å². The molecule has 2 heterocycles. The van der Waals surface area contributed by atoms with Gasteiger partial charge in [0.15, 0.2) is 5.75 Å². The molecule has 0 unspecified atom stereocenters. The highest BCUT2D eigenvalue weighted by atomic mass is 16.5. The van der Waals surface area contributed by atoms with Crippen molar-refractivity contribution in [3.63, 3.8) is 0 Å². The Balaban J connectivity index is 1.96. The smallest absolute Gasteiger partial charge is 0.258 e. The molecule has 0 aromatic heterocycles. The number of aliphatic hydroxyl groups excluding tert-OH is 1. The van der Waals surface area contributed by atoms with Gasteiger partial charge in [0.1, 0.15) is 6.10 Å². The van der Waals surface area contributed by atoms with Gasteiger partial charge in [0.05, 0.1) is 23.9 Å². The summed E-state index contributed by atoms with van der Waals surface area (Å²) in [6, 6.07) is 4.91. The zero-order valence-electron chi connectivity index (χ0n) is 18.0. The van der Waals surface area contributed by atoms with Crippen LogP contribution in [-0.2, 0) is 9.53 Å². The number of aliphatic hydroxyl groups is 1. The number of benzene rings is 1. The second-order valence-corrected chi connectivity index (χ2v) is 8.24. The fraction of sp³-hybridized carbons (Fsp3) is 0.636. The maximum absolute atomic E-state index is 13.3. The van der Waals surface area contributed by atoms with Gasteiger partial charge in [0.2, 0.25) is 5.91 Å².